The third-order valence-corrected chi connectivity index (χ3v) is 2.71. The smallest absolute Gasteiger partial charge is 0.323 e. The van der Waals surface area contributed by atoms with E-state index in [0.717, 1.165) is 0 Å². The van der Waals surface area contributed by atoms with Gasteiger partial charge in [0.25, 0.3) is 0 Å². The number of aromatic amines is 2. The highest BCUT2D eigenvalue weighted by Crippen LogP contribution is 2.27. The molecule has 6 nitrogen and oxygen atoms in total. The average molecular weight is 262 g/mol. The Kier molecular flexibility index (Phi) is 3.70. The molecule has 1 aromatic heterocycles. The highest BCUT2D eigenvalue weighted by atomic mass is 16.5. The van der Waals surface area contributed by atoms with Gasteiger partial charge in [0.2, 0.25) is 0 Å². The van der Waals surface area contributed by atoms with Crippen molar-refractivity contribution in [1.29, 1.82) is 0 Å². The summed E-state index contributed by atoms with van der Waals surface area (Å²) in [5.74, 6) is 0.946. The van der Waals surface area contributed by atoms with Crippen LogP contribution < -0.4 is 15.2 Å². The monoisotopic (exact) mass is 262 g/mol. The number of hydrogen-bond donors (Lipinski definition) is 2. The second-order valence-corrected chi connectivity index (χ2v) is 3.94. The number of hydrogen-bond acceptors (Lipinski definition) is 4. The molecule has 6 heteroatoms. The summed E-state index contributed by atoms with van der Waals surface area (Å²) in [4.78, 5) is 28.0. The largest absolute Gasteiger partial charge is 0.493 e. The van der Waals surface area contributed by atoms with Crippen LogP contribution in [0.1, 0.15) is 16.1 Å². The van der Waals surface area contributed by atoms with Crippen molar-refractivity contribution in [1.82, 2.24) is 9.97 Å². The van der Waals surface area contributed by atoms with Gasteiger partial charge in [-0.1, -0.05) is 0 Å². The Morgan fingerprint density at radius 3 is 2.53 bits per heavy atom. The van der Waals surface area contributed by atoms with Crippen LogP contribution in [0.25, 0.3) is 0 Å². The maximum atomic E-state index is 12.1. The van der Waals surface area contributed by atoms with Gasteiger partial charge >= 0.3 is 5.69 Å². The maximum absolute atomic E-state index is 12.1. The summed E-state index contributed by atoms with van der Waals surface area (Å²) < 4.78 is 10.2. The Hall–Kier alpha value is -2.50. The third kappa shape index (κ3) is 2.85. The Morgan fingerprint density at radius 2 is 1.95 bits per heavy atom. The minimum atomic E-state index is -0.324. The molecule has 0 saturated carbocycles. The van der Waals surface area contributed by atoms with Crippen LogP contribution in [0.15, 0.2) is 29.2 Å². The zero-order valence-corrected chi connectivity index (χ0v) is 10.6. The highest BCUT2D eigenvalue weighted by molar-refractivity contribution is 5.97. The van der Waals surface area contributed by atoms with E-state index in [1.54, 1.807) is 18.2 Å². The molecule has 2 rings (SSSR count). The van der Waals surface area contributed by atoms with Gasteiger partial charge in [0.15, 0.2) is 17.3 Å². The molecule has 0 radical (unpaired) electrons. The average Bonchev–Trinajstić information content (AvgIpc) is 2.83. The van der Waals surface area contributed by atoms with Gasteiger partial charge in [-0.05, 0) is 18.2 Å². The summed E-state index contributed by atoms with van der Waals surface area (Å²) in [6.45, 7) is 0. The van der Waals surface area contributed by atoms with Crippen LogP contribution in [0.3, 0.4) is 0 Å². The number of benzene rings is 1. The van der Waals surface area contributed by atoms with E-state index in [-0.39, 0.29) is 17.9 Å². The normalized spacial score (nSPS) is 10.2. The summed E-state index contributed by atoms with van der Waals surface area (Å²) in [6, 6.07) is 4.95. The number of carbonyl (C=O) groups excluding carboxylic acids is 1. The lowest BCUT2D eigenvalue weighted by Crippen LogP contribution is -2.07. The van der Waals surface area contributed by atoms with E-state index in [2.05, 4.69) is 9.97 Å². The van der Waals surface area contributed by atoms with Crippen molar-refractivity contribution in [3.8, 4) is 11.5 Å². The van der Waals surface area contributed by atoms with Crippen molar-refractivity contribution in [3.05, 3.63) is 46.1 Å². The molecule has 0 atom stereocenters. The maximum Gasteiger partial charge on any atom is 0.323 e. The van der Waals surface area contributed by atoms with Gasteiger partial charge in [0.05, 0.1) is 20.6 Å². The molecule has 100 valence electrons. The quantitative estimate of drug-likeness (QED) is 0.791. The van der Waals surface area contributed by atoms with Crippen molar-refractivity contribution in [2.45, 2.75) is 6.42 Å². The molecule has 0 aliphatic carbocycles. The van der Waals surface area contributed by atoms with E-state index in [0.29, 0.717) is 22.8 Å². The molecule has 1 heterocycles. The molecular weight excluding hydrogens is 248 g/mol. The first kappa shape index (κ1) is 12.9. The molecule has 0 aliphatic heterocycles. The first-order valence-electron chi connectivity index (χ1n) is 5.66. The SMILES string of the molecule is COc1ccc(C(=O)Cc2c[nH]c(=O)[nH]2)cc1OC. The predicted octanol–water partition coefficient (Wildman–Crippen LogP) is 1.15. The second-order valence-electron chi connectivity index (χ2n) is 3.94. The molecule has 0 spiro atoms. The zero-order valence-electron chi connectivity index (χ0n) is 10.6. The van der Waals surface area contributed by atoms with E-state index < -0.39 is 0 Å². The standard InChI is InChI=1S/C13H14N2O4/c1-18-11-4-3-8(5-12(11)19-2)10(16)6-9-7-14-13(17)15-9/h3-5,7H,6H2,1-2H3,(H2,14,15,17). The first-order chi connectivity index (χ1) is 9.13. The minimum absolute atomic E-state index is 0.115. The van der Waals surface area contributed by atoms with Crippen LogP contribution in [-0.4, -0.2) is 30.0 Å². The van der Waals surface area contributed by atoms with Gasteiger partial charge < -0.3 is 19.4 Å². The Morgan fingerprint density at radius 1 is 1.21 bits per heavy atom. The highest BCUT2D eigenvalue weighted by Gasteiger charge is 2.12. The molecule has 2 aromatic rings. The van der Waals surface area contributed by atoms with Crippen LogP contribution in [0.5, 0.6) is 11.5 Å². The van der Waals surface area contributed by atoms with Crippen LogP contribution in [0.4, 0.5) is 0 Å². The van der Waals surface area contributed by atoms with Crippen molar-refractivity contribution >= 4 is 5.78 Å². The van der Waals surface area contributed by atoms with E-state index in [4.69, 9.17) is 9.47 Å². The van der Waals surface area contributed by atoms with Crippen LogP contribution in [0.2, 0.25) is 0 Å². The fraction of sp³-hybridized carbons (Fsp3) is 0.231. The van der Waals surface area contributed by atoms with Gasteiger partial charge in [0, 0.05) is 17.5 Å². The Bertz CT molecular complexity index is 642. The number of H-pyrrole nitrogens is 2. The number of rotatable bonds is 5. The number of methoxy groups -OCH3 is 2. The lowest BCUT2D eigenvalue weighted by molar-refractivity contribution is 0.0991. The molecule has 0 unspecified atom stereocenters. The van der Waals surface area contributed by atoms with Gasteiger partial charge in [-0.2, -0.15) is 0 Å². The molecule has 0 bridgehead atoms. The van der Waals surface area contributed by atoms with E-state index in [1.165, 1.54) is 20.4 Å². The number of ether oxygens (including phenoxy) is 2. The van der Waals surface area contributed by atoms with Crippen LogP contribution >= 0.6 is 0 Å². The number of carbonyl (C=O) groups is 1. The van der Waals surface area contributed by atoms with E-state index in [9.17, 15) is 9.59 Å². The van der Waals surface area contributed by atoms with Gasteiger partial charge in [-0.25, -0.2) is 4.79 Å². The molecule has 19 heavy (non-hydrogen) atoms. The van der Waals surface area contributed by atoms with Crippen LogP contribution in [0, 0.1) is 0 Å². The summed E-state index contributed by atoms with van der Waals surface area (Å²) in [5.41, 5.74) is 0.722. The summed E-state index contributed by atoms with van der Waals surface area (Å²) in [7, 11) is 3.04. The Labute approximate surface area is 109 Å². The second kappa shape index (κ2) is 5.43. The topological polar surface area (TPSA) is 84.2 Å². The number of nitrogens with one attached hydrogen (secondary N) is 2. The van der Waals surface area contributed by atoms with Crippen molar-refractivity contribution < 1.29 is 14.3 Å². The van der Waals surface area contributed by atoms with Crippen molar-refractivity contribution in [3.63, 3.8) is 0 Å². The lowest BCUT2D eigenvalue weighted by atomic mass is 10.1. The van der Waals surface area contributed by atoms with E-state index >= 15 is 0 Å². The molecule has 0 amide bonds. The fourth-order valence-corrected chi connectivity index (χ4v) is 1.75. The van der Waals surface area contributed by atoms with Gasteiger partial charge in [-0.15, -0.1) is 0 Å². The molecule has 0 fully saturated rings. The molecule has 2 N–H and O–H groups in total. The summed E-state index contributed by atoms with van der Waals surface area (Å²) in [6.07, 6.45) is 1.61. The molecule has 1 aromatic carbocycles. The van der Waals surface area contributed by atoms with Crippen molar-refractivity contribution in [2.24, 2.45) is 0 Å². The number of imidazole rings is 1. The predicted molar refractivity (Wildman–Crippen MR) is 69.0 cm³/mol. The van der Waals surface area contributed by atoms with Crippen LogP contribution in [-0.2, 0) is 6.42 Å². The number of Topliss-reactive ketones (excluding diaryl/α,β-unsaturated/α-hetero) is 1. The lowest BCUT2D eigenvalue weighted by Gasteiger charge is -2.08. The number of aromatic nitrogens is 2. The van der Waals surface area contributed by atoms with Gasteiger partial charge in [-0.3, -0.25) is 4.79 Å². The summed E-state index contributed by atoms with van der Waals surface area (Å²) in [5, 5.41) is 0. The summed E-state index contributed by atoms with van der Waals surface area (Å²) >= 11 is 0. The number of ketones is 1. The molecule has 0 aliphatic rings. The molecule has 0 saturated heterocycles. The molecular formula is C13H14N2O4. The Balaban J connectivity index is 2.21. The first-order valence-corrected chi connectivity index (χ1v) is 5.66. The van der Waals surface area contributed by atoms with Crippen molar-refractivity contribution in [2.75, 3.05) is 14.2 Å². The van der Waals surface area contributed by atoms with Gasteiger partial charge in [0.1, 0.15) is 0 Å². The zero-order chi connectivity index (χ0) is 13.8. The third-order valence-electron chi connectivity index (χ3n) is 2.71. The minimum Gasteiger partial charge on any atom is -0.493 e. The van der Waals surface area contributed by atoms with E-state index in [1.807, 2.05) is 0 Å². The fourth-order valence-electron chi connectivity index (χ4n) is 1.75.